The molecule has 2 atom stereocenters. The topological polar surface area (TPSA) is 49.3 Å². The first-order valence-electron chi connectivity index (χ1n) is 4.64. The van der Waals surface area contributed by atoms with E-state index < -0.39 is 0 Å². The third-order valence-corrected chi connectivity index (χ3v) is 2.53. The van der Waals surface area contributed by atoms with Crippen molar-refractivity contribution < 1.29 is 9.90 Å². The fourth-order valence-corrected chi connectivity index (χ4v) is 1.65. The van der Waals surface area contributed by atoms with Gasteiger partial charge in [0.15, 0.2) is 0 Å². The van der Waals surface area contributed by atoms with Crippen LogP contribution >= 0.6 is 0 Å². The van der Waals surface area contributed by atoms with Gasteiger partial charge < -0.3 is 10.4 Å². The molecule has 0 bridgehead atoms. The van der Waals surface area contributed by atoms with E-state index in [0.29, 0.717) is 18.4 Å². The molecule has 0 aromatic heterocycles. The Hall–Kier alpha value is -0.570. The van der Waals surface area contributed by atoms with Gasteiger partial charge in [0.25, 0.3) is 0 Å². The zero-order valence-electron chi connectivity index (χ0n) is 7.55. The van der Waals surface area contributed by atoms with Crippen LogP contribution in [0, 0.1) is 5.92 Å². The zero-order chi connectivity index (χ0) is 8.97. The normalized spacial score (nSPS) is 30.0. The molecule has 0 aromatic carbocycles. The molecule has 1 aliphatic heterocycles. The third kappa shape index (κ3) is 2.48. The standard InChI is InChI=1S/C9H17NO2/c1-7-4-5-9(12)10-8(7)3-2-6-11/h7-8,11H,2-6H2,1H3,(H,10,12)/t7-,8+/m1/s1. The Morgan fingerprint density at radius 2 is 2.42 bits per heavy atom. The molecule has 12 heavy (non-hydrogen) atoms. The Morgan fingerprint density at radius 1 is 1.67 bits per heavy atom. The lowest BCUT2D eigenvalue weighted by Crippen LogP contribution is -2.43. The van der Waals surface area contributed by atoms with Gasteiger partial charge in [-0.2, -0.15) is 0 Å². The highest BCUT2D eigenvalue weighted by atomic mass is 16.2. The summed E-state index contributed by atoms with van der Waals surface area (Å²) in [6, 6.07) is 0.290. The average Bonchev–Trinajstić information content (AvgIpc) is 2.07. The minimum Gasteiger partial charge on any atom is -0.396 e. The van der Waals surface area contributed by atoms with Crippen molar-refractivity contribution in [3.8, 4) is 0 Å². The summed E-state index contributed by atoms with van der Waals surface area (Å²) < 4.78 is 0. The summed E-state index contributed by atoms with van der Waals surface area (Å²) in [5.41, 5.74) is 0. The lowest BCUT2D eigenvalue weighted by atomic mass is 9.89. The molecule has 1 heterocycles. The van der Waals surface area contributed by atoms with Gasteiger partial charge in [-0.3, -0.25) is 4.79 Å². The predicted molar refractivity (Wildman–Crippen MR) is 46.6 cm³/mol. The number of aliphatic hydroxyl groups excluding tert-OH is 1. The summed E-state index contributed by atoms with van der Waals surface area (Å²) in [6.45, 7) is 2.38. The Balaban J connectivity index is 2.33. The van der Waals surface area contributed by atoms with E-state index in [9.17, 15) is 4.79 Å². The van der Waals surface area contributed by atoms with Crippen LogP contribution in [0.3, 0.4) is 0 Å². The van der Waals surface area contributed by atoms with Crippen LogP contribution in [-0.2, 0) is 4.79 Å². The third-order valence-electron chi connectivity index (χ3n) is 2.53. The molecule has 0 aromatic rings. The summed E-state index contributed by atoms with van der Waals surface area (Å²) in [7, 11) is 0. The lowest BCUT2D eigenvalue weighted by molar-refractivity contribution is -0.124. The van der Waals surface area contributed by atoms with E-state index in [0.717, 1.165) is 19.3 Å². The average molecular weight is 171 g/mol. The summed E-state index contributed by atoms with van der Waals surface area (Å²) in [5.74, 6) is 0.727. The zero-order valence-corrected chi connectivity index (χ0v) is 7.55. The monoisotopic (exact) mass is 171 g/mol. The summed E-state index contributed by atoms with van der Waals surface area (Å²) >= 11 is 0. The Labute approximate surface area is 73.2 Å². The molecule has 1 aliphatic rings. The number of hydrogen-bond donors (Lipinski definition) is 2. The first kappa shape index (κ1) is 9.52. The van der Waals surface area contributed by atoms with E-state index in [4.69, 9.17) is 5.11 Å². The van der Waals surface area contributed by atoms with Gasteiger partial charge in [0, 0.05) is 19.1 Å². The van der Waals surface area contributed by atoms with Crippen LogP contribution in [-0.4, -0.2) is 23.7 Å². The van der Waals surface area contributed by atoms with Gasteiger partial charge >= 0.3 is 0 Å². The van der Waals surface area contributed by atoms with Crippen molar-refractivity contribution in [1.29, 1.82) is 0 Å². The van der Waals surface area contributed by atoms with Crippen molar-refractivity contribution in [3.63, 3.8) is 0 Å². The largest absolute Gasteiger partial charge is 0.396 e. The second-order valence-corrected chi connectivity index (χ2v) is 3.56. The van der Waals surface area contributed by atoms with Gasteiger partial charge in [-0.15, -0.1) is 0 Å². The van der Waals surface area contributed by atoms with E-state index in [-0.39, 0.29) is 12.5 Å². The van der Waals surface area contributed by atoms with E-state index in [1.807, 2.05) is 0 Å². The molecule has 3 nitrogen and oxygen atoms in total. The number of carbonyl (C=O) groups excluding carboxylic acids is 1. The fourth-order valence-electron chi connectivity index (χ4n) is 1.65. The number of piperidine rings is 1. The second kappa shape index (κ2) is 4.45. The maximum atomic E-state index is 11.0. The van der Waals surface area contributed by atoms with Crippen LogP contribution < -0.4 is 5.32 Å². The van der Waals surface area contributed by atoms with Gasteiger partial charge in [0.1, 0.15) is 0 Å². The molecule has 2 N–H and O–H groups in total. The van der Waals surface area contributed by atoms with Crippen LogP contribution in [0.4, 0.5) is 0 Å². The van der Waals surface area contributed by atoms with Gasteiger partial charge in [-0.05, 0) is 25.2 Å². The maximum absolute atomic E-state index is 11.0. The summed E-state index contributed by atoms with van der Waals surface area (Å²) in [4.78, 5) is 11.0. The summed E-state index contributed by atoms with van der Waals surface area (Å²) in [6.07, 6.45) is 3.34. The van der Waals surface area contributed by atoms with E-state index in [1.165, 1.54) is 0 Å². The van der Waals surface area contributed by atoms with Gasteiger partial charge in [-0.1, -0.05) is 6.92 Å². The molecule has 0 radical (unpaired) electrons. The molecule has 1 amide bonds. The molecule has 70 valence electrons. The van der Waals surface area contributed by atoms with Crippen molar-refractivity contribution in [1.82, 2.24) is 5.32 Å². The molecule has 0 spiro atoms. The number of rotatable bonds is 3. The predicted octanol–water partition coefficient (Wildman–Crippen LogP) is 0.674. The first-order valence-corrected chi connectivity index (χ1v) is 4.64. The van der Waals surface area contributed by atoms with Crippen molar-refractivity contribution in [2.45, 2.75) is 38.6 Å². The van der Waals surface area contributed by atoms with Gasteiger partial charge in [-0.25, -0.2) is 0 Å². The Kier molecular flexibility index (Phi) is 3.53. The van der Waals surface area contributed by atoms with Gasteiger partial charge in [0.05, 0.1) is 0 Å². The molecule has 0 saturated carbocycles. The molecule has 3 heteroatoms. The van der Waals surface area contributed by atoms with Gasteiger partial charge in [0.2, 0.25) is 5.91 Å². The quantitative estimate of drug-likeness (QED) is 0.656. The van der Waals surface area contributed by atoms with Crippen LogP contribution in [0.25, 0.3) is 0 Å². The van der Waals surface area contributed by atoms with Crippen molar-refractivity contribution in [2.24, 2.45) is 5.92 Å². The maximum Gasteiger partial charge on any atom is 0.220 e. The number of amides is 1. The van der Waals surface area contributed by atoms with Crippen molar-refractivity contribution >= 4 is 5.91 Å². The van der Waals surface area contributed by atoms with Crippen LogP contribution in [0.15, 0.2) is 0 Å². The first-order chi connectivity index (χ1) is 5.74. The second-order valence-electron chi connectivity index (χ2n) is 3.56. The van der Waals surface area contributed by atoms with Crippen molar-refractivity contribution in [3.05, 3.63) is 0 Å². The molecule has 0 aliphatic carbocycles. The molecule has 0 unspecified atom stereocenters. The highest BCUT2D eigenvalue weighted by Gasteiger charge is 2.24. The molecule has 1 rings (SSSR count). The number of carbonyl (C=O) groups is 1. The minimum atomic E-state index is 0.163. The van der Waals surface area contributed by atoms with Crippen molar-refractivity contribution in [2.75, 3.05) is 6.61 Å². The number of hydrogen-bond acceptors (Lipinski definition) is 2. The van der Waals surface area contributed by atoms with Crippen LogP contribution in [0.5, 0.6) is 0 Å². The molecular formula is C9H17NO2. The molecular weight excluding hydrogens is 154 g/mol. The number of nitrogens with one attached hydrogen (secondary N) is 1. The SMILES string of the molecule is C[C@@H]1CCC(=O)N[C@H]1CCCO. The van der Waals surface area contributed by atoms with Crippen LogP contribution in [0.1, 0.15) is 32.6 Å². The lowest BCUT2D eigenvalue weighted by Gasteiger charge is -2.29. The smallest absolute Gasteiger partial charge is 0.220 e. The fraction of sp³-hybridized carbons (Fsp3) is 0.889. The Bertz CT molecular complexity index is 159. The number of aliphatic hydroxyl groups is 1. The molecule has 1 fully saturated rings. The van der Waals surface area contributed by atoms with E-state index >= 15 is 0 Å². The molecule has 1 saturated heterocycles. The highest BCUT2D eigenvalue weighted by Crippen LogP contribution is 2.19. The summed E-state index contributed by atoms with van der Waals surface area (Å²) in [5, 5.41) is 11.6. The Morgan fingerprint density at radius 3 is 3.08 bits per heavy atom. The van der Waals surface area contributed by atoms with Crippen LogP contribution in [0.2, 0.25) is 0 Å². The highest BCUT2D eigenvalue weighted by molar-refractivity contribution is 5.77. The van der Waals surface area contributed by atoms with E-state index in [1.54, 1.807) is 0 Å². The van der Waals surface area contributed by atoms with E-state index in [2.05, 4.69) is 12.2 Å². The minimum absolute atomic E-state index is 0.163.